The van der Waals surface area contributed by atoms with E-state index in [2.05, 4.69) is 29.0 Å². The van der Waals surface area contributed by atoms with Crippen LogP contribution in [0, 0.1) is 12.8 Å². The molecule has 1 saturated carbocycles. The number of nitrogens with one attached hydrogen (secondary N) is 1. The number of rotatable bonds is 3. The highest BCUT2D eigenvalue weighted by atomic mass is 15.3. The summed E-state index contributed by atoms with van der Waals surface area (Å²) in [4.78, 5) is 11.7. The Labute approximate surface area is 122 Å². The fourth-order valence-electron chi connectivity index (χ4n) is 3.85. The number of hydrogen-bond acceptors (Lipinski definition) is 4. The first-order valence-electron chi connectivity index (χ1n) is 8.13. The van der Waals surface area contributed by atoms with E-state index < -0.39 is 0 Å². The van der Waals surface area contributed by atoms with Crippen molar-refractivity contribution in [1.82, 2.24) is 9.97 Å². The number of hydrogen-bond donors (Lipinski definition) is 1. The molecule has 1 aromatic rings. The summed E-state index contributed by atoms with van der Waals surface area (Å²) in [5, 5.41) is 3.24. The lowest BCUT2D eigenvalue weighted by Crippen LogP contribution is -2.47. The van der Waals surface area contributed by atoms with Crippen LogP contribution in [0.25, 0.3) is 0 Å². The Balaban J connectivity index is 1.88. The SMILES string of the molecule is CCNc1ncc(C)c(N2CCC[C@H]3CCCC[C@H]32)n1. The molecule has 1 N–H and O–H groups in total. The first kappa shape index (κ1) is 13.7. The number of aryl methyl sites for hydroxylation is 1. The Morgan fingerprint density at radius 2 is 2.05 bits per heavy atom. The van der Waals surface area contributed by atoms with Crippen molar-refractivity contribution in [2.75, 3.05) is 23.3 Å². The molecular formula is C16H26N4. The van der Waals surface area contributed by atoms with E-state index in [1.807, 2.05) is 6.20 Å². The van der Waals surface area contributed by atoms with Crippen molar-refractivity contribution in [2.45, 2.75) is 58.4 Å². The average Bonchev–Trinajstić information content (AvgIpc) is 2.49. The van der Waals surface area contributed by atoms with Gasteiger partial charge in [0.15, 0.2) is 0 Å². The first-order chi connectivity index (χ1) is 9.79. The molecule has 4 heteroatoms. The molecule has 0 amide bonds. The van der Waals surface area contributed by atoms with Crippen molar-refractivity contribution >= 4 is 11.8 Å². The first-order valence-corrected chi connectivity index (χ1v) is 8.13. The molecule has 0 bridgehead atoms. The molecule has 1 aliphatic heterocycles. The highest BCUT2D eigenvalue weighted by Crippen LogP contribution is 2.38. The highest BCUT2D eigenvalue weighted by Gasteiger charge is 2.34. The van der Waals surface area contributed by atoms with Gasteiger partial charge in [-0.15, -0.1) is 0 Å². The molecule has 2 heterocycles. The van der Waals surface area contributed by atoms with Crippen LogP contribution in [0.5, 0.6) is 0 Å². The lowest BCUT2D eigenvalue weighted by atomic mass is 9.78. The highest BCUT2D eigenvalue weighted by molar-refractivity contribution is 5.50. The molecule has 20 heavy (non-hydrogen) atoms. The summed E-state index contributed by atoms with van der Waals surface area (Å²) in [6.45, 7) is 6.25. The standard InChI is InChI=1S/C16H26N4/c1-3-17-16-18-11-12(2)15(19-16)20-10-6-8-13-7-4-5-9-14(13)20/h11,13-14H,3-10H2,1-2H3,(H,17,18,19)/t13-,14-/m1/s1. The topological polar surface area (TPSA) is 41.1 Å². The molecule has 1 aromatic heterocycles. The number of anilines is 2. The van der Waals surface area contributed by atoms with Crippen molar-refractivity contribution < 1.29 is 0 Å². The van der Waals surface area contributed by atoms with E-state index in [-0.39, 0.29) is 0 Å². The van der Waals surface area contributed by atoms with Gasteiger partial charge in [0, 0.05) is 30.9 Å². The van der Waals surface area contributed by atoms with Crippen LogP contribution in [0.3, 0.4) is 0 Å². The third kappa shape index (κ3) is 2.60. The van der Waals surface area contributed by atoms with Crippen LogP contribution in [0.2, 0.25) is 0 Å². The lowest BCUT2D eigenvalue weighted by molar-refractivity contribution is 0.242. The summed E-state index contributed by atoms with van der Waals surface area (Å²) in [5.74, 6) is 2.81. The predicted octanol–water partition coefficient (Wildman–Crippen LogP) is 3.38. The Kier molecular flexibility index (Phi) is 4.08. The fraction of sp³-hybridized carbons (Fsp3) is 0.750. The Bertz CT molecular complexity index is 458. The number of piperidine rings is 1. The van der Waals surface area contributed by atoms with Gasteiger partial charge in [0.1, 0.15) is 5.82 Å². The van der Waals surface area contributed by atoms with Crippen LogP contribution in [0.4, 0.5) is 11.8 Å². The zero-order valence-corrected chi connectivity index (χ0v) is 12.7. The van der Waals surface area contributed by atoms with Gasteiger partial charge in [-0.25, -0.2) is 4.98 Å². The van der Waals surface area contributed by atoms with Crippen LogP contribution in [0.1, 0.15) is 51.0 Å². The third-order valence-corrected chi connectivity index (χ3v) is 4.80. The van der Waals surface area contributed by atoms with Crippen LogP contribution < -0.4 is 10.2 Å². The van der Waals surface area contributed by atoms with Gasteiger partial charge >= 0.3 is 0 Å². The molecule has 4 nitrogen and oxygen atoms in total. The molecule has 0 aromatic carbocycles. The van der Waals surface area contributed by atoms with Crippen molar-refractivity contribution in [1.29, 1.82) is 0 Å². The minimum absolute atomic E-state index is 0.709. The molecule has 110 valence electrons. The summed E-state index contributed by atoms with van der Waals surface area (Å²) in [7, 11) is 0. The van der Waals surface area contributed by atoms with Gasteiger partial charge in [-0.05, 0) is 45.4 Å². The fourth-order valence-corrected chi connectivity index (χ4v) is 3.85. The molecule has 1 aliphatic carbocycles. The number of aromatic nitrogens is 2. The summed E-state index contributed by atoms with van der Waals surface area (Å²) in [5.41, 5.74) is 1.21. The quantitative estimate of drug-likeness (QED) is 0.917. The number of fused-ring (bicyclic) bond motifs is 1. The van der Waals surface area contributed by atoms with E-state index in [9.17, 15) is 0 Å². The van der Waals surface area contributed by atoms with Crippen molar-refractivity contribution in [3.63, 3.8) is 0 Å². The zero-order valence-electron chi connectivity index (χ0n) is 12.7. The lowest BCUT2D eigenvalue weighted by Gasteiger charge is -2.45. The van der Waals surface area contributed by atoms with Gasteiger partial charge in [0.05, 0.1) is 0 Å². The van der Waals surface area contributed by atoms with Gasteiger partial charge in [0.2, 0.25) is 5.95 Å². The summed E-state index contributed by atoms with van der Waals surface area (Å²) in [6, 6.07) is 0.709. The minimum atomic E-state index is 0.709. The van der Waals surface area contributed by atoms with Crippen LogP contribution in [-0.2, 0) is 0 Å². The Morgan fingerprint density at radius 3 is 2.90 bits per heavy atom. The second kappa shape index (κ2) is 5.98. The molecule has 2 atom stereocenters. The largest absolute Gasteiger partial charge is 0.354 e. The minimum Gasteiger partial charge on any atom is -0.354 e. The third-order valence-electron chi connectivity index (χ3n) is 4.80. The van der Waals surface area contributed by atoms with Gasteiger partial charge in [-0.1, -0.05) is 12.8 Å². The zero-order chi connectivity index (χ0) is 13.9. The summed E-state index contributed by atoms with van der Waals surface area (Å²) in [6.07, 6.45) is 10.2. The Morgan fingerprint density at radius 1 is 1.25 bits per heavy atom. The maximum absolute atomic E-state index is 4.78. The molecule has 0 radical (unpaired) electrons. The maximum Gasteiger partial charge on any atom is 0.224 e. The van der Waals surface area contributed by atoms with E-state index in [1.54, 1.807) is 0 Å². The second-order valence-electron chi connectivity index (χ2n) is 6.18. The summed E-state index contributed by atoms with van der Waals surface area (Å²) >= 11 is 0. The van der Waals surface area contributed by atoms with Crippen LogP contribution in [0.15, 0.2) is 6.20 Å². The predicted molar refractivity (Wildman–Crippen MR) is 83.3 cm³/mol. The molecule has 2 aliphatic rings. The van der Waals surface area contributed by atoms with Crippen LogP contribution in [-0.4, -0.2) is 29.1 Å². The molecule has 2 fully saturated rings. The molecule has 0 unspecified atom stereocenters. The molecule has 1 saturated heterocycles. The monoisotopic (exact) mass is 274 g/mol. The van der Waals surface area contributed by atoms with E-state index >= 15 is 0 Å². The maximum atomic E-state index is 4.78. The van der Waals surface area contributed by atoms with E-state index in [0.29, 0.717) is 6.04 Å². The second-order valence-corrected chi connectivity index (χ2v) is 6.18. The van der Waals surface area contributed by atoms with E-state index in [4.69, 9.17) is 4.98 Å². The smallest absolute Gasteiger partial charge is 0.224 e. The normalized spacial score (nSPS) is 26.2. The van der Waals surface area contributed by atoms with Gasteiger partial charge in [0.25, 0.3) is 0 Å². The van der Waals surface area contributed by atoms with Gasteiger partial charge in [-0.3, -0.25) is 0 Å². The Hall–Kier alpha value is -1.32. The van der Waals surface area contributed by atoms with Crippen molar-refractivity contribution in [2.24, 2.45) is 5.92 Å². The molecule has 0 spiro atoms. The molecule has 3 rings (SSSR count). The average molecular weight is 274 g/mol. The van der Waals surface area contributed by atoms with E-state index in [0.717, 1.165) is 30.8 Å². The molecular weight excluding hydrogens is 248 g/mol. The summed E-state index contributed by atoms with van der Waals surface area (Å²) < 4.78 is 0. The van der Waals surface area contributed by atoms with Gasteiger partial charge in [-0.2, -0.15) is 4.98 Å². The van der Waals surface area contributed by atoms with Gasteiger partial charge < -0.3 is 10.2 Å². The van der Waals surface area contributed by atoms with Crippen molar-refractivity contribution in [3.8, 4) is 0 Å². The van der Waals surface area contributed by atoms with E-state index in [1.165, 1.54) is 44.1 Å². The number of nitrogens with zero attached hydrogens (tertiary/aromatic N) is 3. The van der Waals surface area contributed by atoms with Crippen LogP contribution >= 0.6 is 0 Å². The van der Waals surface area contributed by atoms with Crippen molar-refractivity contribution in [3.05, 3.63) is 11.8 Å².